The van der Waals surface area contributed by atoms with Gasteiger partial charge in [-0.05, 0) is 22.9 Å². The van der Waals surface area contributed by atoms with Crippen LogP contribution >= 0.6 is 22.7 Å². The van der Waals surface area contributed by atoms with Crippen LogP contribution in [0.25, 0.3) is 0 Å². The molecule has 1 fully saturated rings. The van der Waals surface area contributed by atoms with Gasteiger partial charge in [-0.1, -0.05) is 12.1 Å². The van der Waals surface area contributed by atoms with Crippen molar-refractivity contribution in [2.45, 2.75) is 5.60 Å². The van der Waals surface area contributed by atoms with Crippen molar-refractivity contribution in [3.05, 3.63) is 44.8 Å². The quantitative estimate of drug-likeness (QED) is 0.769. The van der Waals surface area contributed by atoms with Gasteiger partial charge in [0, 0.05) is 9.75 Å². The van der Waals surface area contributed by atoms with E-state index in [2.05, 4.69) is 5.32 Å². The molecule has 0 atom stereocenters. The van der Waals surface area contributed by atoms with Crippen molar-refractivity contribution >= 4 is 44.8 Å². The summed E-state index contributed by atoms with van der Waals surface area (Å²) >= 11 is 2.71. The van der Waals surface area contributed by atoms with Gasteiger partial charge in [-0.25, -0.2) is 27.2 Å². The van der Waals surface area contributed by atoms with Gasteiger partial charge in [0.05, 0.1) is 25.9 Å². The SMILES string of the molecule is CS(=O)(=O)N1CCN(C(=O)NCC(O)(c2cccs2)c2cccs2)C1=O. The largest absolute Gasteiger partial charge is 0.377 e. The van der Waals surface area contributed by atoms with Crippen molar-refractivity contribution in [3.8, 4) is 0 Å². The first-order valence-corrected chi connectivity index (χ1v) is 11.2. The molecule has 0 aliphatic carbocycles. The van der Waals surface area contributed by atoms with Gasteiger partial charge in [0.25, 0.3) is 0 Å². The molecule has 8 nitrogen and oxygen atoms in total. The Morgan fingerprint density at radius 2 is 1.81 bits per heavy atom. The minimum absolute atomic E-state index is 0.0336. The molecule has 2 aromatic rings. The highest BCUT2D eigenvalue weighted by Gasteiger charge is 2.40. The fourth-order valence-corrected chi connectivity index (χ4v) is 5.17. The van der Waals surface area contributed by atoms with Crippen LogP contribution < -0.4 is 5.32 Å². The Hall–Kier alpha value is -1.95. The second kappa shape index (κ2) is 6.99. The molecule has 0 saturated carbocycles. The van der Waals surface area contributed by atoms with Crippen LogP contribution in [0.15, 0.2) is 35.0 Å². The third kappa shape index (κ3) is 3.47. The van der Waals surface area contributed by atoms with E-state index in [1.54, 1.807) is 24.3 Å². The second-order valence-corrected chi connectivity index (χ2v) is 9.55. The van der Waals surface area contributed by atoms with Crippen LogP contribution in [0.5, 0.6) is 0 Å². The van der Waals surface area contributed by atoms with E-state index in [0.717, 1.165) is 11.2 Å². The number of rotatable bonds is 5. The molecule has 0 bridgehead atoms. The molecule has 1 saturated heterocycles. The van der Waals surface area contributed by atoms with Gasteiger partial charge in [0.1, 0.15) is 0 Å². The Bertz CT molecular complexity index is 859. The average Bonchev–Trinajstić information content (AvgIpc) is 3.31. The summed E-state index contributed by atoms with van der Waals surface area (Å²) in [4.78, 5) is 26.7. The number of thiophene rings is 2. The molecule has 2 N–H and O–H groups in total. The lowest BCUT2D eigenvalue weighted by molar-refractivity contribution is 0.0880. The number of hydrogen-bond acceptors (Lipinski definition) is 7. The Labute approximate surface area is 158 Å². The van der Waals surface area contributed by atoms with E-state index in [1.807, 2.05) is 10.8 Å². The average molecular weight is 416 g/mol. The monoisotopic (exact) mass is 415 g/mol. The summed E-state index contributed by atoms with van der Waals surface area (Å²) in [6.07, 6.45) is 0.915. The Kier molecular flexibility index (Phi) is 5.06. The minimum Gasteiger partial charge on any atom is -0.377 e. The number of amides is 4. The maximum absolute atomic E-state index is 12.4. The maximum atomic E-state index is 12.4. The summed E-state index contributed by atoms with van der Waals surface area (Å²) < 4.78 is 23.7. The highest BCUT2D eigenvalue weighted by Crippen LogP contribution is 2.35. The minimum atomic E-state index is -3.72. The molecule has 1 aliphatic rings. The van der Waals surface area contributed by atoms with E-state index in [4.69, 9.17) is 0 Å². The topological polar surface area (TPSA) is 107 Å². The van der Waals surface area contributed by atoms with Crippen molar-refractivity contribution in [3.63, 3.8) is 0 Å². The second-order valence-electron chi connectivity index (χ2n) is 5.74. The molecule has 11 heteroatoms. The van der Waals surface area contributed by atoms with Gasteiger partial charge in [-0.2, -0.15) is 0 Å². The zero-order chi connectivity index (χ0) is 18.9. The van der Waals surface area contributed by atoms with Gasteiger partial charge in [-0.15, -0.1) is 22.7 Å². The first-order chi connectivity index (χ1) is 12.2. The lowest BCUT2D eigenvalue weighted by atomic mass is 10.00. The fourth-order valence-electron chi connectivity index (χ4n) is 2.64. The predicted molar refractivity (Wildman–Crippen MR) is 98.7 cm³/mol. The van der Waals surface area contributed by atoms with Crippen molar-refractivity contribution in [2.24, 2.45) is 0 Å². The van der Waals surface area contributed by atoms with Gasteiger partial charge in [0.15, 0.2) is 5.60 Å². The number of nitrogens with one attached hydrogen (secondary N) is 1. The molecule has 3 heterocycles. The van der Waals surface area contributed by atoms with Crippen LogP contribution in [0.2, 0.25) is 0 Å². The van der Waals surface area contributed by atoms with Crippen LogP contribution in [-0.2, 0) is 15.6 Å². The van der Waals surface area contributed by atoms with Crippen LogP contribution in [-0.4, -0.2) is 60.7 Å². The zero-order valence-corrected chi connectivity index (χ0v) is 16.2. The van der Waals surface area contributed by atoms with Crippen LogP contribution in [0.1, 0.15) is 9.75 Å². The van der Waals surface area contributed by atoms with Crippen molar-refractivity contribution in [1.82, 2.24) is 14.5 Å². The number of imide groups is 1. The molecule has 0 unspecified atom stereocenters. The number of aliphatic hydroxyl groups is 1. The van der Waals surface area contributed by atoms with Gasteiger partial charge < -0.3 is 10.4 Å². The van der Waals surface area contributed by atoms with Gasteiger partial charge >= 0.3 is 12.1 Å². The number of sulfonamides is 1. The first-order valence-electron chi connectivity index (χ1n) is 7.61. The standard InChI is InChI=1S/C15H17N3O5S3/c1-26(22,23)18-7-6-17(14(18)20)13(19)16-10-15(21,11-4-2-8-24-11)12-5-3-9-25-12/h2-5,8-9,21H,6-7,10H2,1H3,(H,16,19). The van der Waals surface area contributed by atoms with Crippen molar-refractivity contribution < 1.29 is 23.1 Å². The maximum Gasteiger partial charge on any atom is 0.341 e. The summed E-state index contributed by atoms with van der Waals surface area (Å²) in [5.74, 6) is 0. The lowest BCUT2D eigenvalue weighted by Crippen LogP contribution is -2.48. The third-order valence-electron chi connectivity index (χ3n) is 3.97. The molecule has 140 valence electrons. The number of urea groups is 2. The Morgan fingerprint density at radius 3 is 2.23 bits per heavy atom. The highest BCUT2D eigenvalue weighted by molar-refractivity contribution is 7.88. The summed E-state index contributed by atoms with van der Waals surface area (Å²) in [5.41, 5.74) is -1.42. The molecule has 0 aromatic carbocycles. The summed E-state index contributed by atoms with van der Waals surface area (Å²) in [6.45, 7) is -0.255. The van der Waals surface area contributed by atoms with Crippen LogP contribution in [0.4, 0.5) is 9.59 Å². The van der Waals surface area contributed by atoms with Gasteiger partial charge in [0.2, 0.25) is 10.0 Å². The molecule has 0 spiro atoms. The number of carbonyl (C=O) groups excluding carboxylic acids is 2. The summed E-state index contributed by atoms with van der Waals surface area (Å²) in [5, 5.41) is 17.4. The summed E-state index contributed by atoms with van der Waals surface area (Å²) in [7, 11) is -3.72. The number of nitrogens with zero attached hydrogens (tertiary/aromatic N) is 2. The normalized spacial score (nSPS) is 15.5. The molecule has 3 rings (SSSR count). The fraction of sp³-hybridized carbons (Fsp3) is 0.333. The lowest BCUT2D eigenvalue weighted by Gasteiger charge is -2.27. The van der Waals surface area contributed by atoms with Crippen LogP contribution in [0.3, 0.4) is 0 Å². The van der Waals surface area contributed by atoms with E-state index < -0.39 is 27.7 Å². The van der Waals surface area contributed by atoms with E-state index >= 15 is 0 Å². The zero-order valence-electron chi connectivity index (χ0n) is 13.8. The molecular formula is C15H17N3O5S3. The van der Waals surface area contributed by atoms with Gasteiger partial charge in [-0.3, -0.25) is 0 Å². The van der Waals surface area contributed by atoms with E-state index in [1.165, 1.54) is 22.7 Å². The molecule has 4 amide bonds. The Morgan fingerprint density at radius 1 is 1.23 bits per heavy atom. The van der Waals surface area contributed by atoms with Crippen molar-refractivity contribution in [1.29, 1.82) is 0 Å². The van der Waals surface area contributed by atoms with E-state index in [9.17, 15) is 23.1 Å². The third-order valence-corrected chi connectivity index (χ3v) is 7.15. The van der Waals surface area contributed by atoms with Crippen molar-refractivity contribution in [2.75, 3.05) is 25.9 Å². The molecule has 0 radical (unpaired) electrons. The van der Waals surface area contributed by atoms with E-state index in [0.29, 0.717) is 14.1 Å². The first kappa shape index (κ1) is 18.8. The predicted octanol–water partition coefficient (Wildman–Crippen LogP) is 1.45. The Balaban J connectivity index is 1.75. The number of carbonyl (C=O) groups is 2. The summed E-state index contributed by atoms with van der Waals surface area (Å²) in [6, 6.07) is 5.50. The van der Waals surface area contributed by atoms with E-state index in [-0.39, 0.29) is 19.6 Å². The molecule has 2 aromatic heterocycles. The molecule has 1 aliphatic heterocycles. The highest BCUT2D eigenvalue weighted by atomic mass is 32.2. The molecular weight excluding hydrogens is 398 g/mol. The smallest absolute Gasteiger partial charge is 0.341 e. The van der Waals surface area contributed by atoms with Crippen LogP contribution in [0, 0.1) is 0 Å². The number of hydrogen-bond donors (Lipinski definition) is 2. The molecule has 26 heavy (non-hydrogen) atoms.